The van der Waals surface area contributed by atoms with Gasteiger partial charge in [-0.25, -0.2) is 0 Å². The fourth-order valence-corrected chi connectivity index (χ4v) is 5.73. The molecule has 0 bridgehead atoms. The lowest BCUT2D eigenvalue weighted by molar-refractivity contribution is -0.127. The molecular weight excluding hydrogens is 613 g/mol. The van der Waals surface area contributed by atoms with Crippen molar-refractivity contribution < 1.29 is 28.6 Å². The van der Waals surface area contributed by atoms with E-state index in [0.717, 1.165) is 27.9 Å². The summed E-state index contributed by atoms with van der Waals surface area (Å²) in [5, 5.41) is 3.24. The normalized spacial score (nSPS) is 16.1. The predicted molar refractivity (Wildman–Crippen MR) is 169 cm³/mol. The van der Waals surface area contributed by atoms with Crippen molar-refractivity contribution in [2.75, 3.05) is 49.7 Å². The van der Waals surface area contributed by atoms with Crippen LogP contribution in [0.3, 0.4) is 0 Å². The minimum atomic E-state index is -0.537. The van der Waals surface area contributed by atoms with E-state index in [0.29, 0.717) is 65.7 Å². The zero-order chi connectivity index (χ0) is 30.3. The third-order valence-electron chi connectivity index (χ3n) is 6.65. The first-order chi connectivity index (χ1) is 20.8. The Morgan fingerprint density at radius 3 is 2.56 bits per heavy atom. The molecule has 0 saturated carbocycles. The number of amides is 3. The number of anilines is 2. The number of hydrogen-bond donors (Lipinski definition) is 1. The van der Waals surface area contributed by atoms with Gasteiger partial charge in [0.1, 0.15) is 13.2 Å². The molecule has 9 nitrogen and oxygen atoms in total. The van der Waals surface area contributed by atoms with Gasteiger partial charge in [0.2, 0.25) is 5.91 Å². The van der Waals surface area contributed by atoms with Gasteiger partial charge in [0.05, 0.1) is 46.1 Å². The highest BCUT2D eigenvalue weighted by Crippen LogP contribution is 2.35. The van der Waals surface area contributed by atoms with Crippen LogP contribution >= 0.6 is 35.0 Å². The average Bonchev–Trinajstić information content (AvgIpc) is 3.26. The molecule has 224 valence electrons. The summed E-state index contributed by atoms with van der Waals surface area (Å²) in [4.78, 5) is 42.1. The van der Waals surface area contributed by atoms with E-state index >= 15 is 0 Å². The molecule has 12 heteroatoms. The van der Waals surface area contributed by atoms with Crippen molar-refractivity contribution in [3.8, 4) is 11.5 Å². The van der Waals surface area contributed by atoms with Crippen LogP contribution in [0.5, 0.6) is 11.5 Å². The fraction of sp³-hybridized carbons (Fsp3) is 0.258. The number of hydrogen-bond acceptors (Lipinski definition) is 8. The number of ether oxygens (including phenoxy) is 3. The number of imide groups is 1. The summed E-state index contributed by atoms with van der Waals surface area (Å²) in [6.45, 7) is 4.71. The van der Waals surface area contributed by atoms with Crippen molar-refractivity contribution in [3.63, 3.8) is 0 Å². The lowest BCUT2D eigenvalue weighted by atomic mass is 10.1. The van der Waals surface area contributed by atoms with Gasteiger partial charge in [-0.3, -0.25) is 19.3 Å². The second-order valence-corrected chi connectivity index (χ2v) is 11.4. The lowest BCUT2D eigenvalue weighted by Gasteiger charge is -2.30. The molecule has 0 aliphatic carbocycles. The van der Waals surface area contributed by atoms with Gasteiger partial charge >= 0.3 is 0 Å². The van der Waals surface area contributed by atoms with E-state index in [9.17, 15) is 14.4 Å². The third-order valence-corrected chi connectivity index (χ3v) is 8.30. The predicted octanol–water partition coefficient (Wildman–Crippen LogP) is 6.48. The first-order valence-corrected chi connectivity index (χ1v) is 15.2. The van der Waals surface area contributed by atoms with Crippen LogP contribution in [-0.2, 0) is 20.9 Å². The maximum atomic E-state index is 13.1. The molecule has 2 aliphatic rings. The Labute approximate surface area is 263 Å². The van der Waals surface area contributed by atoms with Gasteiger partial charge in [-0.05, 0) is 72.3 Å². The number of morpholine rings is 1. The molecule has 2 aliphatic heterocycles. The number of nitrogens with zero attached hydrogens (tertiary/aromatic N) is 2. The molecule has 0 spiro atoms. The van der Waals surface area contributed by atoms with Crippen LogP contribution in [0.15, 0.2) is 65.6 Å². The summed E-state index contributed by atoms with van der Waals surface area (Å²) in [6.07, 6.45) is 1.60. The summed E-state index contributed by atoms with van der Waals surface area (Å²) in [6, 6.07) is 17.9. The lowest BCUT2D eigenvalue weighted by Crippen LogP contribution is -2.38. The molecule has 0 atom stereocenters. The second kappa shape index (κ2) is 14.2. The van der Waals surface area contributed by atoms with E-state index < -0.39 is 23.6 Å². The Morgan fingerprint density at radius 1 is 1.00 bits per heavy atom. The number of halogens is 2. The van der Waals surface area contributed by atoms with E-state index in [1.807, 2.05) is 31.2 Å². The second-order valence-electron chi connectivity index (χ2n) is 9.61. The zero-order valence-corrected chi connectivity index (χ0v) is 25.6. The highest BCUT2D eigenvalue weighted by atomic mass is 35.5. The van der Waals surface area contributed by atoms with Crippen molar-refractivity contribution in [1.29, 1.82) is 0 Å². The summed E-state index contributed by atoms with van der Waals surface area (Å²) < 4.78 is 17.2. The van der Waals surface area contributed by atoms with Crippen LogP contribution in [0.1, 0.15) is 18.1 Å². The molecule has 5 rings (SSSR count). The van der Waals surface area contributed by atoms with Crippen LogP contribution in [-0.4, -0.2) is 61.4 Å². The van der Waals surface area contributed by atoms with Crippen molar-refractivity contribution >= 4 is 69.5 Å². The Kier molecular flexibility index (Phi) is 10.1. The third kappa shape index (κ3) is 7.64. The van der Waals surface area contributed by atoms with Crippen LogP contribution in [0.4, 0.5) is 16.2 Å². The molecule has 2 saturated heterocycles. The molecule has 2 heterocycles. The molecule has 3 aromatic carbocycles. The van der Waals surface area contributed by atoms with Gasteiger partial charge in [0.15, 0.2) is 11.5 Å². The van der Waals surface area contributed by atoms with Gasteiger partial charge < -0.3 is 24.4 Å². The number of para-hydroxylation sites is 2. The van der Waals surface area contributed by atoms with E-state index in [4.69, 9.17) is 37.4 Å². The molecule has 1 N–H and O–H groups in total. The van der Waals surface area contributed by atoms with Gasteiger partial charge in [-0.2, -0.15) is 0 Å². The maximum absolute atomic E-state index is 13.1. The van der Waals surface area contributed by atoms with Gasteiger partial charge in [0, 0.05) is 13.1 Å². The summed E-state index contributed by atoms with van der Waals surface area (Å²) in [5.74, 6) is -0.0167. The van der Waals surface area contributed by atoms with Crippen molar-refractivity contribution in [3.05, 3.63) is 86.7 Å². The van der Waals surface area contributed by atoms with E-state index in [-0.39, 0.29) is 11.5 Å². The Bertz CT molecular complexity index is 1560. The molecule has 3 amide bonds. The monoisotopic (exact) mass is 641 g/mol. The number of nitrogens with one attached hydrogen (secondary N) is 1. The maximum Gasteiger partial charge on any atom is 0.294 e. The summed E-state index contributed by atoms with van der Waals surface area (Å²) >= 11 is 12.9. The standard InChI is InChI=1S/C31H29Cl2N3O6S/c1-2-41-27-16-20(8-10-26(27)42-19-21-7-9-22(32)23(33)15-21)17-28-30(38)36(31(39)43-28)18-29(37)34-24-5-3-4-6-25(24)35-11-13-40-14-12-35/h3-10,15-17H,2,11-14,18-19H2,1H3,(H,34,37)/b28-17+. The van der Waals surface area contributed by atoms with Crippen LogP contribution in [0.25, 0.3) is 6.08 Å². The quantitative estimate of drug-likeness (QED) is 0.251. The van der Waals surface area contributed by atoms with Crippen molar-refractivity contribution in [1.82, 2.24) is 4.90 Å². The van der Waals surface area contributed by atoms with Crippen LogP contribution in [0, 0.1) is 0 Å². The van der Waals surface area contributed by atoms with E-state index in [1.54, 1.807) is 42.5 Å². The van der Waals surface area contributed by atoms with E-state index in [2.05, 4.69) is 10.2 Å². The molecule has 43 heavy (non-hydrogen) atoms. The highest BCUT2D eigenvalue weighted by Gasteiger charge is 2.36. The minimum Gasteiger partial charge on any atom is -0.490 e. The highest BCUT2D eigenvalue weighted by molar-refractivity contribution is 8.18. The Hall–Kier alpha value is -3.70. The summed E-state index contributed by atoms with van der Waals surface area (Å²) in [5.41, 5.74) is 2.95. The summed E-state index contributed by atoms with van der Waals surface area (Å²) in [7, 11) is 0. The Morgan fingerprint density at radius 2 is 1.79 bits per heavy atom. The molecule has 0 aromatic heterocycles. The minimum absolute atomic E-state index is 0.207. The van der Waals surface area contributed by atoms with E-state index in [1.165, 1.54) is 0 Å². The smallest absolute Gasteiger partial charge is 0.294 e. The average molecular weight is 643 g/mol. The SMILES string of the molecule is CCOc1cc(/C=C2/SC(=O)N(CC(=O)Nc3ccccc3N3CCOCC3)C2=O)ccc1OCc1ccc(Cl)c(Cl)c1. The number of rotatable bonds is 10. The number of carbonyl (C=O) groups is 3. The van der Waals surface area contributed by atoms with Crippen LogP contribution in [0.2, 0.25) is 10.0 Å². The van der Waals surface area contributed by atoms with Crippen molar-refractivity contribution in [2.24, 2.45) is 0 Å². The van der Waals surface area contributed by atoms with Gasteiger partial charge in [-0.1, -0.05) is 47.5 Å². The number of benzene rings is 3. The van der Waals surface area contributed by atoms with Gasteiger partial charge in [0.25, 0.3) is 11.1 Å². The molecule has 0 unspecified atom stereocenters. The first kappa shape index (κ1) is 30.7. The largest absolute Gasteiger partial charge is 0.490 e. The molecule has 3 aromatic rings. The molecule has 0 radical (unpaired) electrons. The Balaban J connectivity index is 1.25. The fourth-order valence-electron chi connectivity index (χ4n) is 4.57. The van der Waals surface area contributed by atoms with Crippen LogP contribution < -0.4 is 19.7 Å². The molecule has 2 fully saturated rings. The number of thioether (sulfide) groups is 1. The first-order valence-electron chi connectivity index (χ1n) is 13.6. The number of carbonyl (C=O) groups excluding carboxylic acids is 3. The topological polar surface area (TPSA) is 97.4 Å². The molecular formula is C31H29Cl2N3O6S. The zero-order valence-electron chi connectivity index (χ0n) is 23.3. The van der Waals surface area contributed by atoms with Gasteiger partial charge in [-0.15, -0.1) is 0 Å². The van der Waals surface area contributed by atoms with Crippen molar-refractivity contribution in [2.45, 2.75) is 13.5 Å².